The normalized spacial score (nSPS) is 24.8. The first-order valence-electron chi connectivity index (χ1n) is 7.99. The predicted molar refractivity (Wildman–Crippen MR) is 81.6 cm³/mol. The second-order valence-electron chi connectivity index (χ2n) is 6.24. The average molecular weight is 279 g/mol. The van der Waals surface area contributed by atoms with Crippen molar-refractivity contribution in [1.82, 2.24) is 15.1 Å². The Balaban J connectivity index is 1.69. The topological polar surface area (TPSA) is 50.1 Å². The van der Waals surface area contributed by atoms with E-state index in [1.165, 1.54) is 30.5 Å². The van der Waals surface area contributed by atoms with Gasteiger partial charge >= 0.3 is 0 Å². The van der Waals surface area contributed by atoms with Gasteiger partial charge in [0.25, 0.3) is 0 Å². The highest BCUT2D eigenvalue weighted by molar-refractivity contribution is 5.19. The molecule has 1 aliphatic carbocycles. The number of nitrogens with one attached hydrogen (secondary N) is 1. The summed E-state index contributed by atoms with van der Waals surface area (Å²) in [7, 11) is 1.98. The van der Waals surface area contributed by atoms with Crippen LogP contribution in [0, 0.1) is 12.8 Å². The van der Waals surface area contributed by atoms with Crippen LogP contribution in [0.25, 0.3) is 0 Å². The first-order valence-corrected chi connectivity index (χ1v) is 7.99. The number of hydrogen-bond acceptors (Lipinski definition) is 3. The zero-order chi connectivity index (χ0) is 14.5. The van der Waals surface area contributed by atoms with Crippen LogP contribution >= 0.6 is 0 Å². The third-order valence-electron chi connectivity index (χ3n) is 4.81. The van der Waals surface area contributed by atoms with E-state index in [9.17, 15) is 5.11 Å². The molecule has 1 heterocycles. The van der Waals surface area contributed by atoms with Crippen LogP contribution in [0.4, 0.5) is 0 Å². The minimum absolute atomic E-state index is 0.0539. The molecular formula is C16H29N3O. The molecule has 1 saturated carbocycles. The average Bonchev–Trinajstić information content (AvgIpc) is 2.77. The fraction of sp³-hybridized carbons (Fsp3) is 0.812. The van der Waals surface area contributed by atoms with E-state index in [0.29, 0.717) is 12.0 Å². The van der Waals surface area contributed by atoms with Gasteiger partial charge < -0.3 is 10.4 Å². The van der Waals surface area contributed by atoms with E-state index in [2.05, 4.69) is 24.3 Å². The zero-order valence-electron chi connectivity index (χ0n) is 13.1. The fourth-order valence-electron chi connectivity index (χ4n) is 3.26. The number of aliphatic hydroxyl groups is 1. The van der Waals surface area contributed by atoms with Crippen LogP contribution in [0.2, 0.25) is 0 Å². The first-order chi connectivity index (χ1) is 9.59. The van der Waals surface area contributed by atoms with E-state index in [4.69, 9.17) is 0 Å². The Bertz CT molecular complexity index is 416. The molecule has 0 saturated heterocycles. The van der Waals surface area contributed by atoms with Crippen LogP contribution in [0.5, 0.6) is 0 Å². The summed E-state index contributed by atoms with van der Waals surface area (Å²) < 4.78 is 1.92. The van der Waals surface area contributed by atoms with E-state index in [1.807, 2.05) is 17.9 Å². The fourth-order valence-corrected chi connectivity index (χ4v) is 3.26. The standard InChI is InChI=1S/C16H29N3O/c1-12(15-11-18-19(3)13(15)2)17-10-6-8-14-7-4-5-9-16(14)20/h11-12,14,16-17,20H,4-10H2,1-3H3. The third-order valence-corrected chi connectivity index (χ3v) is 4.81. The molecule has 20 heavy (non-hydrogen) atoms. The number of rotatable bonds is 6. The molecule has 1 aromatic heterocycles. The van der Waals surface area contributed by atoms with Crippen molar-refractivity contribution in [2.75, 3.05) is 6.54 Å². The van der Waals surface area contributed by atoms with Crippen LogP contribution in [-0.2, 0) is 7.05 Å². The summed E-state index contributed by atoms with van der Waals surface area (Å²) in [6.07, 6.45) is 8.90. The van der Waals surface area contributed by atoms with Crippen LogP contribution in [-0.4, -0.2) is 27.5 Å². The smallest absolute Gasteiger partial charge is 0.0568 e. The third kappa shape index (κ3) is 3.83. The second-order valence-corrected chi connectivity index (χ2v) is 6.24. The second kappa shape index (κ2) is 7.23. The maximum Gasteiger partial charge on any atom is 0.0568 e. The van der Waals surface area contributed by atoms with Gasteiger partial charge in [-0.05, 0) is 52.0 Å². The summed E-state index contributed by atoms with van der Waals surface area (Å²) in [6, 6.07) is 0.347. The molecule has 4 nitrogen and oxygen atoms in total. The molecule has 1 aromatic rings. The van der Waals surface area contributed by atoms with Crippen LogP contribution < -0.4 is 5.32 Å². The summed E-state index contributed by atoms with van der Waals surface area (Å²) >= 11 is 0. The van der Waals surface area contributed by atoms with Gasteiger partial charge in [-0.15, -0.1) is 0 Å². The summed E-state index contributed by atoms with van der Waals surface area (Å²) in [6.45, 7) is 5.32. The first kappa shape index (κ1) is 15.5. The Labute approximate surface area is 122 Å². The van der Waals surface area contributed by atoms with Crippen LogP contribution in [0.15, 0.2) is 6.20 Å². The summed E-state index contributed by atoms with van der Waals surface area (Å²) in [4.78, 5) is 0. The summed E-state index contributed by atoms with van der Waals surface area (Å²) in [5.41, 5.74) is 2.51. The summed E-state index contributed by atoms with van der Waals surface area (Å²) in [5, 5.41) is 17.8. The van der Waals surface area contributed by atoms with Crippen molar-refractivity contribution in [2.45, 2.75) is 64.5 Å². The highest BCUT2D eigenvalue weighted by Gasteiger charge is 2.22. The van der Waals surface area contributed by atoms with Crippen molar-refractivity contribution in [1.29, 1.82) is 0 Å². The molecule has 114 valence electrons. The molecule has 0 bridgehead atoms. The van der Waals surface area contributed by atoms with Gasteiger partial charge in [0.15, 0.2) is 0 Å². The maximum absolute atomic E-state index is 9.96. The molecule has 0 radical (unpaired) electrons. The maximum atomic E-state index is 9.96. The Morgan fingerprint density at radius 2 is 2.20 bits per heavy atom. The molecule has 0 aliphatic heterocycles. The van der Waals surface area contributed by atoms with Crippen molar-refractivity contribution in [2.24, 2.45) is 13.0 Å². The van der Waals surface area contributed by atoms with Gasteiger partial charge in [0, 0.05) is 24.3 Å². The quantitative estimate of drug-likeness (QED) is 0.787. The van der Waals surface area contributed by atoms with Crippen molar-refractivity contribution in [3.63, 3.8) is 0 Å². The van der Waals surface area contributed by atoms with E-state index in [0.717, 1.165) is 25.8 Å². The van der Waals surface area contributed by atoms with E-state index >= 15 is 0 Å². The van der Waals surface area contributed by atoms with E-state index in [1.54, 1.807) is 0 Å². The molecule has 4 heteroatoms. The van der Waals surface area contributed by atoms with Gasteiger partial charge in [0.1, 0.15) is 0 Å². The molecule has 0 spiro atoms. The highest BCUT2D eigenvalue weighted by Crippen LogP contribution is 2.27. The van der Waals surface area contributed by atoms with Gasteiger partial charge in [-0.25, -0.2) is 0 Å². The molecule has 3 atom stereocenters. The lowest BCUT2D eigenvalue weighted by atomic mass is 9.83. The Hall–Kier alpha value is -0.870. The highest BCUT2D eigenvalue weighted by atomic mass is 16.3. The minimum atomic E-state index is -0.0539. The lowest BCUT2D eigenvalue weighted by molar-refractivity contribution is 0.0642. The van der Waals surface area contributed by atoms with Crippen molar-refractivity contribution in [3.05, 3.63) is 17.5 Å². The monoisotopic (exact) mass is 279 g/mol. The SMILES string of the molecule is Cc1c(C(C)NCCCC2CCCCC2O)cnn1C. The molecule has 1 aliphatic rings. The Kier molecular flexibility index (Phi) is 5.61. The lowest BCUT2D eigenvalue weighted by Gasteiger charge is -2.27. The lowest BCUT2D eigenvalue weighted by Crippen LogP contribution is -2.26. The molecule has 3 unspecified atom stereocenters. The Morgan fingerprint density at radius 3 is 2.85 bits per heavy atom. The number of aryl methyl sites for hydroxylation is 1. The van der Waals surface area contributed by atoms with Crippen molar-refractivity contribution >= 4 is 0 Å². The van der Waals surface area contributed by atoms with Crippen LogP contribution in [0.3, 0.4) is 0 Å². The predicted octanol–water partition coefficient (Wildman–Crippen LogP) is 2.71. The summed E-state index contributed by atoms with van der Waals surface area (Å²) in [5.74, 6) is 0.529. The van der Waals surface area contributed by atoms with Crippen LogP contribution in [0.1, 0.15) is 62.7 Å². The number of aliphatic hydroxyl groups excluding tert-OH is 1. The van der Waals surface area contributed by atoms with Gasteiger partial charge in [0.2, 0.25) is 0 Å². The van der Waals surface area contributed by atoms with E-state index < -0.39 is 0 Å². The molecular weight excluding hydrogens is 250 g/mol. The minimum Gasteiger partial charge on any atom is -0.393 e. The van der Waals surface area contributed by atoms with E-state index in [-0.39, 0.29) is 6.10 Å². The van der Waals surface area contributed by atoms with Gasteiger partial charge in [-0.3, -0.25) is 4.68 Å². The molecule has 2 rings (SSSR count). The Morgan fingerprint density at radius 1 is 1.45 bits per heavy atom. The molecule has 1 fully saturated rings. The molecule has 0 aromatic carbocycles. The van der Waals surface area contributed by atoms with Gasteiger partial charge in [0.05, 0.1) is 12.3 Å². The van der Waals surface area contributed by atoms with Crippen molar-refractivity contribution < 1.29 is 5.11 Å². The molecule has 2 N–H and O–H groups in total. The zero-order valence-corrected chi connectivity index (χ0v) is 13.1. The number of aromatic nitrogens is 2. The number of hydrogen-bond donors (Lipinski definition) is 2. The van der Waals surface area contributed by atoms with Crippen molar-refractivity contribution in [3.8, 4) is 0 Å². The molecule has 0 amide bonds. The van der Waals surface area contributed by atoms with Gasteiger partial charge in [-0.2, -0.15) is 5.10 Å². The van der Waals surface area contributed by atoms with Gasteiger partial charge in [-0.1, -0.05) is 12.8 Å². The largest absolute Gasteiger partial charge is 0.393 e. The number of nitrogens with zero attached hydrogens (tertiary/aromatic N) is 2.